The van der Waals surface area contributed by atoms with E-state index in [2.05, 4.69) is 0 Å². The van der Waals surface area contributed by atoms with E-state index in [1.165, 1.54) is 72.8 Å². The number of hydrogen-bond acceptors (Lipinski definition) is 10. The van der Waals surface area contributed by atoms with Crippen LogP contribution < -0.4 is 30.4 Å². The van der Waals surface area contributed by atoms with E-state index < -0.39 is 79.6 Å². The first-order valence-electron chi connectivity index (χ1n) is 19.8. The molecule has 5 aromatic rings. The largest absolute Gasteiger partial charge is 0.493 e. The van der Waals surface area contributed by atoms with Gasteiger partial charge in [0, 0.05) is 23.5 Å². The molecule has 0 aliphatic heterocycles. The van der Waals surface area contributed by atoms with Crippen molar-refractivity contribution in [2.45, 2.75) is 43.3 Å². The van der Waals surface area contributed by atoms with Crippen molar-refractivity contribution in [3.63, 3.8) is 0 Å². The van der Waals surface area contributed by atoms with Crippen LogP contribution in [0.1, 0.15) is 46.6 Å². The zero-order valence-electron chi connectivity index (χ0n) is 34.8. The third kappa shape index (κ3) is 16.8. The van der Waals surface area contributed by atoms with Gasteiger partial charge >= 0.3 is 36.5 Å². The van der Waals surface area contributed by atoms with Crippen LogP contribution in [0.15, 0.2) is 127 Å². The summed E-state index contributed by atoms with van der Waals surface area (Å²) in [6, 6.07) is 23.2. The van der Waals surface area contributed by atoms with Crippen molar-refractivity contribution in [2.75, 3.05) is 37.9 Å². The number of nitrogen functional groups attached to an aromatic ring is 2. The van der Waals surface area contributed by atoms with E-state index in [-0.39, 0.29) is 41.9 Å². The lowest BCUT2D eigenvalue weighted by Crippen LogP contribution is -2.21. The second kappa shape index (κ2) is 22.2. The van der Waals surface area contributed by atoms with Crippen molar-refractivity contribution in [2.24, 2.45) is 0 Å². The normalized spacial score (nSPS) is 12.3. The van der Waals surface area contributed by atoms with E-state index in [0.717, 1.165) is 60.7 Å². The van der Waals surface area contributed by atoms with Gasteiger partial charge in [-0.05, 0) is 114 Å². The zero-order valence-corrected chi connectivity index (χ0v) is 34.8. The van der Waals surface area contributed by atoms with Crippen molar-refractivity contribution in [3.05, 3.63) is 155 Å². The number of carbonyl (C=O) groups excluding carboxylic acids is 2. The molecule has 0 aromatic heterocycles. The van der Waals surface area contributed by atoms with Gasteiger partial charge in [0.1, 0.15) is 36.2 Å². The number of hydrogen-bond donors (Lipinski definition) is 2. The minimum Gasteiger partial charge on any atom is -0.493 e. The van der Waals surface area contributed by atoms with E-state index in [1.54, 1.807) is 6.07 Å². The Morgan fingerprint density at radius 1 is 0.507 bits per heavy atom. The molecule has 0 amide bonds. The van der Waals surface area contributed by atoms with Crippen molar-refractivity contribution in [1.82, 2.24) is 0 Å². The smallest absolute Gasteiger partial charge is 0.426 e. The number of benzene rings is 5. The number of halogens is 10. The molecular formula is C47H40F10N2O8. The summed E-state index contributed by atoms with van der Waals surface area (Å²) in [6.45, 7) is -1.96. The van der Waals surface area contributed by atoms with Gasteiger partial charge in [-0.25, -0.2) is 9.59 Å². The van der Waals surface area contributed by atoms with Gasteiger partial charge in [0.25, 0.3) is 0 Å². The molecule has 67 heavy (non-hydrogen) atoms. The zero-order chi connectivity index (χ0) is 48.8. The Hall–Kier alpha value is -7.38. The lowest BCUT2D eigenvalue weighted by Gasteiger charge is -2.19. The molecule has 0 spiro atoms. The third-order valence-corrected chi connectivity index (χ3v) is 9.17. The molecule has 0 atom stereocenters. The summed E-state index contributed by atoms with van der Waals surface area (Å²) in [5.41, 5.74) is 12.5. The standard InChI is InChI=1S/C47H40F10N2O8/c48-44(49,50)23-25-62-36-12-16-38(17-13-36)66-46(54,55)33-7-1-30(2-8-33)5-21-42(60)64-28-32(40-20-11-35(58)27-41(40)59)29-65-43(61)22-6-31-3-9-34(10-4-31)47(56,57)67-39-18-14-37(15-19-39)63-26-24-45(51,52)53/h1-22,27,32H,23-26,28-29,58-59H2/b21-5+,22-6+. The molecule has 4 N–H and O–H groups in total. The van der Waals surface area contributed by atoms with Crippen LogP contribution in [0, 0.1) is 0 Å². The summed E-state index contributed by atoms with van der Waals surface area (Å²) in [7, 11) is 0. The van der Waals surface area contributed by atoms with E-state index in [1.807, 2.05) is 0 Å². The number of esters is 2. The molecule has 0 radical (unpaired) electrons. The van der Waals surface area contributed by atoms with Crippen molar-refractivity contribution < 1.29 is 81.9 Å². The van der Waals surface area contributed by atoms with Crippen LogP contribution in [0.25, 0.3) is 12.2 Å². The van der Waals surface area contributed by atoms with Crippen molar-refractivity contribution in [3.8, 4) is 23.0 Å². The topological polar surface area (TPSA) is 142 Å². The van der Waals surface area contributed by atoms with Gasteiger partial charge in [-0.1, -0.05) is 30.3 Å². The fraction of sp³-hybridized carbons (Fsp3) is 0.234. The van der Waals surface area contributed by atoms with Gasteiger partial charge in [0.15, 0.2) is 0 Å². The third-order valence-electron chi connectivity index (χ3n) is 9.17. The predicted molar refractivity (Wildman–Crippen MR) is 225 cm³/mol. The van der Waals surface area contributed by atoms with Gasteiger partial charge in [0.05, 0.1) is 43.1 Å². The van der Waals surface area contributed by atoms with Crippen LogP contribution in [-0.2, 0) is 31.3 Å². The lowest BCUT2D eigenvalue weighted by atomic mass is 9.98. The van der Waals surface area contributed by atoms with E-state index >= 15 is 0 Å². The van der Waals surface area contributed by atoms with E-state index in [9.17, 15) is 53.5 Å². The van der Waals surface area contributed by atoms with Crippen molar-refractivity contribution >= 4 is 35.5 Å². The Balaban J connectivity index is 1.11. The minimum absolute atomic E-state index is 0.0332. The van der Waals surface area contributed by atoms with E-state index in [0.29, 0.717) is 22.4 Å². The van der Waals surface area contributed by atoms with Crippen LogP contribution in [-0.4, -0.2) is 50.7 Å². The molecule has 10 nitrogen and oxygen atoms in total. The summed E-state index contributed by atoms with van der Waals surface area (Å²) in [4.78, 5) is 25.4. The van der Waals surface area contributed by atoms with Gasteiger partial charge in [-0.3, -0.25) is 0 Å². The molecule has 0 aliphatic rings. The Morgan fingerprint density at radius 3 is 1.24 bits per heavy atom. The Kier molecular flexibility index (Phi) is 16.8. The molecule has 0 bridgehead atoms. The summed E-state index contributed by atoms with van der Waals surface area (Å²) in [5, 5.41) is 0. The SMILES string of the molecule is Nc1ccc(C(COC(=O)/C=C/c2ccc(C(F)(F)Oc3ccc(OCCC(F)(F)F)cc3)cc2)COC(=O)/C=C/c2ccc(C(F)(F)Oc3ccc(OCCC(F)(F)F)cc3)cc2)c(N)c1. The molecule has 20 heteroatoms. The average Bonchev–Trinajstić information content (AvgIpc) is 3.26. The number of anilines is 2. The molecule has 0 saturated heterocycles. The summed E-state index contributed by atoms with van der Waals surface area (Å²) >= 11 is 0. The molecule has 0 fully saturated rings. The predicted octanol–water partition coefficient (Wildman–Crippen LogP) is 11.4. The molecule has 0 unspecified atom stereocenters. The molecule has 0 heterocycles. The fourth-order valence-electron chi connectivity index (χ4n) is 5.75. The number of ether oxygens (including phenoxy) is 6. The van der Waals surface area contributed by atoms with Gasteiger partial charge < -0.3 is 39.9 Å². The quantitative estimate of drug-likeness (QED) is 0.0316. The van der Waals surface area contributed by atoms with Gasteiger partial charge in [0.2, 0.25) is 0 Å². The highest BCUT2D eigenvalue weighted by molar-refractivity contribution is 5.87. The second-order valence-electron chi connectivity index (χ2n) is 14.4. The molecule has 0 saturated carbocycles. The molecule has 0 aliphatic carbocycles. The number of rotatable bonds is 21. The highest BCUT2D eigenvalue weighted by atomic mass is 19.4. The van der Waals surface area contributed by atoms with E-state index in [4.69, 9.17) is 39.9 Å². The maximum Gasteiger partial charge on any atom is 0.426 e. The monoisotopic (exact) mass is 950 g/mol. The molecule has 356 valence electrons. The maximum atomic E-state index is 14.9. The van der Waals surface area contributed by atoms with Gasteiger partial charge in [-0.15, -0.1) is 0 Å². The molecular weight excluding hydrogens is 911 g/mol. The first kappa shape index (κ1) is 50.6. The maximum absolute atomic E-state index is 14.9. The first-order chi connectivity index (χ1) is 31.5. The number of nitrogens with two attached hydrogens (primary N) is 2. The highest BCUT2D eigenvalue weighted by Crippen LogP contribution is 2.35. The summed E-state index contributed by atoms with van der Waals surface area (Å²) in [6.07, 6.45) is -14.1. The Bertz CT molecular complexity index is 2310. The Morgan fingerprint density at radius 2 is 0.881 bits per heavy atom. The molecule has 5 rings (SSSR count). The van der Waals surface area contributed by atoms with Gasteiger partial charge in [-0.2, -0.15) is 43.9 Å². The summed E-state index contributed by atoms with van der Waals surface area (Å²) in [5.74, 6) is -2.98. The number of carbonyl (C=O) groups is 2. The van der Waals surface area contributed by atoms with Crippen LogP contribution in [0.5, 0.6) is 23.0 Å². The van der Waals surface area contributed by atoms with Crippen LogP contribution in [0.4, 0.5) is 55.3 Å². The van der Waals surface area contributed by atoms with Crippen molar-refractivity contribution in [1.29, 1.82) is 0 Å². The first-order valence-corrected chi connectivity index (χ1v) is 19.8. The van der Waals surface area contributed by atoms with Crippen LogP contribution >= 0.6 is 0 Å². The summed E-state index contributed by atoms with van der Waals surface area (Å²) < 4.78 is 164. The fourth-order valence-corrected chi connectivity index (χ4v) is 5.75. The minimum atomic E-state index is -4.41. The average molecular weight is 951 g/mol. The second-order valence-corrected chi connectivity index (χ2v) is 14.4. The lowest BCUT2D eigenvalue weighted by molar-refractivity contribution is -0.186. The Labute approximate surface area is 376 Å². The number of alkyl halides is 10. The highest BCUT2D eigenvalue weighted by Gasteiger charge is 2.36. The van der Waals surface area contributed by atoms with Crippen LogP contribution in [0.3, 0.4) is 0 Å². The van der Waals surface area contributed by atoms with Crippen LogP contribution in [0.2, 0.25) is 0 Å². The molecule has 5 aromatic carbocycles.